The molecule has 4 aromatic rings. The van der Waals surface area contributed by atoms with E-state index in [4.69, 9.17) is 24.1 Å². The van der Waals surface area contributed by atoms with Gasteiger partial charge in [0.15, 0.2) is 11.6 Å². The number of nitriles is 1. The number of pyridine rings is 1. The Balaban J connectivity index is 1.62. The van der Waals surface area contributed by atoms with Crippen molar-refractivity contribution in [1.29, 1.82) is 5.26 Å². The van der Waals surface area contributed by atoms with Gasteiger partial charge in [0.05, 0.1) is 46.5 Å². The molecule has 6 rings (SSSR count). The average molecular weight is 691 g/mol. The molecule has 15 nitrogen and oxygen atoms in total. The maximum Gasteiger partial charge on any atom is 0.415 e. The summed E-state index contributed by atoms with van der Waals surface area (Å²) in [5, 5.41) is 20.9. The number of carbonyl (C=O) groups is 2. The highest BCUT2D eigenvalue weighted by atomic mass is 19.1. The van der Waals surface area contributed by atoms with Crippen molar-refractivity contribution in [1.82, 2.24) is 25.0 Å². The van der Waals surface area contributed by atoms with Crippen LogP contribution in [-0.4, -0.2) is 67.5 Å². The van der Waals surface area contributed by atoms with Crippen LogP contribution in [0.4, 0.5) is 25.5 Å². The molecule has 0 atom stereocenters. The average Bonchev–Trinajstić information content (AvgIpc) is 3.66. The molecule has 0 unspecified atom stereocenters. The van der Waals surface area contributed by atoms with E-state index in [1.165, 1.54) is 49.7 Å². The Hall–Kier alpha value is -5.56. The van der Waals surface area contributed by atoms with Gasteiger partial charge in [0.1, 0.15) is 34.3 Å². The number of hydrogen-bond acceptors (Lipinski definition) is 11. The zero-order chi connectivity index (χ0) is 39.0. The molecule has 1 spiro atoms. The number of fused-ring (bicyclic) bond motifs is 2. The number of aryl methyl sites for hydroxylation is 1. The summed E-state index contributed by atoms with van der Waals surface area (Å²) in [4.78, 5) is 46.3. The summed E-state index contributed by atoms with van der Waals surface area (Å²) >= 11 is 0. The Morgan fingerprint density at radius 2 is 1.92 bits per heavy atom. The molecule has 262 valence electrons. The molecule has 50 heavy (non-hydrogen) atoms. The molecule has 1 aliphatic carbocycles. The van der Waals surface area contributed by atoms with E-state index in [1.807, 2.05) is 0 Å². The van der Waals surface area contributed by atoms with Crippen molar-refractivity contribution in [3.8, 4) is 34.3 Å². The van der Waals surface area contributed by atoms with Gasteiger partial charge in [-0.2, -0.15) is 15.5 Å². The van der Waals surface area contributed by atoms with Gasteiger partial charge < -0.3 is 19.9 Å². The van der Waals surface area contributed by atoms with Gasteiger partial charge in [-0.1, -0.05) is 0 Å². The van der Waals surface area contributed by atoms with E-state index in [2.05, 4.69) is 26.3 Å². The van der Waals surface area contributed by atoms with Crippen LogP contribution in [0.5, 0.6) is 5.75 Å². The maximum atomic E-state index is 16.6. The summed E-state index contributed by atoms with van der Waals surface area (Å²) in [6, 6.07) is 4.52. The van der Waals surface area contributed by atoms with Crippen LogP contribution < -0.4 is 25.8 Å². The van der Waals surface area contributed by atoms with E-state index in [0.29, 0.717) is 12.8 Å². The standard InChI is InChI=1S/C34H38FN9O6/c1-32(2,3)49-30(46)42(7)28-25-17(22(14-37)40-41-29(25)45)11-21(39-28)19-15-38-43(8)26(19)24-18(13-36)27-23(12-20(24)35)44(16-34(48-27)9-10-34)31(47)50-33(4,5)6/h11-12,15H,9-10,14,16,37H2,1-8H3,(H,41,45)/i7D3. The first-order valence-electron chi connectivity index (χ1n) is 17.2. The predicted octanol–water partition coefficient (Wildman–Crippen LogP) is 4.89. The maximum absolute atomic E-state index is 16.6. The molecule has 3 aromatic heterocycles. The van der Waals surface area contributed by atoms with Crippen molar-refractivity contribution < 1.29 is 32.3 Å². The first-order chi connectivity index (χ1) is 24.6. The Labute approximate surface area is 290 Å². The number of amides is 2. The zero-order valence-corrected chi connectivity index (χ0v) is 28.6. The third kappa shape index (κ3) is 6.09. The minimum atomic E-state index is -3.22. The molecule has 2 aliphatic rings. The quantitative estimate of drug-likeness (QED) is 0.296. The number of nitrogens with zero attached hydrogens (tertiary/aromatic N) is 7. The second-order valence-corrected chi connectivity index (χ2v) is 14.2. The molecular weight excluding hydrogens is 649 g/mol. The number of rotatable bonds is 4. The molecular formula is C34H38FN9O6. The monoisotopic (exact) mass is 690 g/mol. The fourth-order valence-electron chi connectivity index (χ4n) is 5.75. The lowest BCUT2D eigenvalue weighted by molar-refractivity contribution is 0.0535. The molecule has 1 fully saturated rings. The molecule has 2 amide bonds. The van der Waals surface area contributed by atoms with Gasteiger partial charge in [0.25, 0.3) is 5.56 Å². The van der Waals surface area contributed by atoms with E-state index >= 15 is 4.39 Å². The summed E-state index contributed by atoms with van der Waals surface area (Å²) in [7, 11) is 1.49. The van der Waals surface area contributed by atoms with Crippen LogP contribution in [0.15, 0.2) is 23.1 Å². The van der Waals surface area contributed by atoms with Gasteiger partial charge in [-0.05, 0) is 60.5 Å². The fourth-order valence-corrected chi connectivity index (χ4v) is 5.75. The number of anilines is 2. The first-order valence-corrected chi connectivity index (χ1v) is 15.7. The van der Waals surface area contributed by atoms with E-state index in [1.54, 1.807) is 20.8 Å². The fraction of sp³-hybridized carbons (Fsp3) is 0.441. The number of aromatic amines is 1. The number of nitrogens with two attached hydrogens (primary N) is 1. The molecule has 1 aliphatic heterocycles. The van der Waals surface area contributed by atoms with Gasteiger partial charge in [-0.15, -0.1) is 0 Å². The number of H-pyrrole nitrogens is 1. The third-order valence-electron chi connectivity index (χ3n) is 8.06. The zero-order valence-electron chi connectivity index (χ0n) is 31.6. The number of carbonyl (C=O) groups excluding carboxylic acids is 2. The Kier molecular flexibility index (Phi) is 7.19. The number of hydrogen-bond donors (Lipinski definition) is 2. The van der Waals surface area contributed by atoms with Gasteiger partial charge in [-0.3, -0.25) is 19.3 Å². The van der Waals surface area contributed by atoms with Gasteiger partial charge in [-0.25, -0.2) is 24.1 Å². The normalized spacial score (nSPS) is 16.1. The number of aromatic nitrogens is 5. The highest BCUT2D eigenvalue weighted by Crippen LogP contribution is 2.52. The minimum absolute atomic E-state index is 0.00675. The molecule has 4 heterocycles. The Bertz CT molecular complexity index is 2280. The van der Waals surface area contributed by atoms with Crippen LogP contribution in [-0.2, 0) is 23.1 Å². The minimum Gasteiger partial charge on any atom is -0.482 e. The van der Waals surface area contributed by atoms with Crippen LogP contribution in [0.2, 0.25) is 0 Å². The van der Waals surface area contributed by atoms with Crippen molar-refractivity contribution in [3.05, 3.63) is 45.8 Å². The van der Waals surface area contributed by atoms with Crippen LogP contribution in [0.25, 0.3) is 33.3 Å². The smallest absolute Gasteiger partial charge is 0.415 e. The molecule has 0 radical (unpaired) electrons. The van der Waals surface area contributed by atoms with E-state index in [-0.39, 0.29) is 74.0 Å². The number of ether oxygens (including phenoxy) is 3. The van der Waals surface area contributed by atoms with Crippen LogP contribution in [0.1, 0.15) is 69.8 Å². The molecule has 3 N–H and O–H groups in total. The van der Waals surface area contributed by atoms with Crippen LogP contribution >= 0.6 is 0 Å². The molecule has 16 heteroatoms. The van der Waals surface area contributed by atoms with Gasteiger partial charge >= 0.3 is 12.2 Å². The molecule has 0 saturated heterocycles. The van der Waals surface area contributed by atoms with Crippen molar-refractivity contribution in [3.63, 3.8) is 0 Å². The lowest BCUT2D eigenvalue weighted by atomic mass is 9.96. The third-order valence-corrected chi connectivity index (χ3v) is 8.06. The lowest BCUT2D eigenvalue weighted by Crippen LogP contribution is -2.47. The SMILES string of the molecule is [2H]C([2H])([2H])N(C(=O)OC(C)(C)C)c1nc(-c2cnn(C)c2-c2c(F)cc3c(c2C#N)OC2(CC2)CN3C(=O)OC(C)(C)C)cc2c(CN)n[nH]c(=O)c12. The van der Waals surface area contributed by atoms with Gasteiger partial charge in [0.2, 0.25) is 0 Å². The number of halogens is 1. The van der Waals surface area contributed by atoms with Crippen molar-refractivity contribution in [2.24, 2.45) is 12.8 Å². The second kappa shape index (κ2) is 11.8. The summed E-state index contributed by atoms with van der Waals surface area (Å²) < 4.78 is 60.1. The summed E-state index contributed by atoms with van der Waals surface area (Å²) in [5.74, 6) is -1.57. The van der Waals surface area contributed by atoms with E-state index in [9.17, 15) is 19.6 Å². The van der Waals surface area contributed by atoms with E-state index < -0.39 is 53.2 Å². The van der Waals surface area contributed by atoms with Crippen molar-refractivity contribution in [2.75, 3.05) is 23.3 Å². The number of nitrogens with one attached hydrogen (secondary N) is 1. The molecule has 0 bridgehead atoms. The van der Waals surface area contributed by atoms with Gasteiger partial charge in [0, 0.05) is 41.7 Å². The summed E-state index contributed by atoms with van der Waals surface area (Å²) in [6.07, 6.45) is 0.408. The Morgan fingerprint density at radius 1 is 1.22 bits per heavy atom. The highest BCUT2D eigenvalue weighted by Gasteiger charge is 2.53. The first kappa shape index (κ1) is 30.5. The van der Waals surface area contributed by atoms with Crippen LogP contribution in [0, 0.1) is 17.1 Å². The van der Waals surface area contributed by atoms with E-state index in [0.717, 1.165) is 6.07 Å². The van der Waals surface area contributed by atoms with Crippen LogP contribution in [0.3, 0.4) is 0 Å². The largest absolute Gasteiger partial charge is 0.482 e. The summed E-state index contributed by atoms with van der Waals surface area (Å²) in [5.41, 5.74) is 1.93. The topological polar surface area (TPSA) is 195 Å². The molecule has 1 aromatic carbocycles. The van der Waals surface area contributed by atoms with Crippen molar-refractivity contribution in [2.45, 2.75) is 77.7 Å². The second-order valence-electron chi connectivity index (χ2n) is 14.2. The van der Waals surface area contributed by atoms with Crippen molar-refractivity contribution >= 4 is 34.5 Å². The highest BCUT2D eigenvalue weighted by molar-refractivity contribution is 6.02. The Morgan fingerprint density at radius 3 is 2.52 bits per heavy atom. The summed E-state index contributed by atoms with van der Waals surface area (Å²) in [6.45, 7) is 6.38. The number of benzene rings is 1. The molecule has 1 saturated carbocycles. The lowest BCUT2D eigenvalue weighted by Gasteiger charge is -2.37. The predicted molar refractivity (Wildman–Crippen MR) is 181 cm³/mol.